The molecule has 0 aliphatic heterocycles. The zero-order valence-corrected chi connectivity index (χ0v) is 15.7. The number of aromatic nitrogens is 2. The maximum atomic E-state index is 15.2. The average molecular weight is 385 g/mol. The highest BCUT2D eigenvalue weighted by Crippen LogP contribution is 2.50. The van der Waals surface area contributed by atoms with Crippen molar-refractivity contribution < 1.29 is 18.8 Å². The molecule has 3 aromatic rings. The minimum absolute atomic E-state index is 0.232. The van der Waals surface area contributed by atoms with Crippen molar-refractivity contribution in [2.75, 3.05) is 0 Å². The summed E-state index contributed by atoms with van der Waals surface area (Å²) in [5, 5.41) is 13.9. The van der Waals surface area contributed by atoms with Crippen LogP contribution in [-0.4, -0.2) is 20.9 Å². The van der Waals surface area contributed by atoms with Crippen LogP contribution in [0.5, 0.6) is 0 Å². The number of benzene rings is 2. The molecule has 7 heteroatoms. The summed E-state index contributed by atoms with van der Waals surface area (Å²) in [4.78, 5) is 12.7. The van der Waals surface area contributed by atoms with Gasteiger partial charge in [-0.2, -0.15) is 5.10 Å². The number of carbonyl (C=O) groups excluding carboxylic acids is 1. The van der Waals surface area contributed by atoms with Crippen molar-refractivity contribution in [3.63, 3.8) is 0 Å². The Hall–Kier alpha value is -2.80. The van der Waals surface area contributed by atoms with Gasteiger partial charge in [0.05, 0.1) is 22.5 Å². The Morgan fingerprint density at radius 1 is 1.32 bits per heavy atom. The smallest absolute Gasteiger partial charge is 0.254 e. The molecular weight excluding hydrogens is 364 g/mol. The molecule has 146 valence electrons. The van der Waals surface area contributed by atoms with E-state index >= 15 is 4.39 Å². The number of amides is 1. The van der Waals surface area contributed by atoms with Gasteiger partial charge in [0, 0.05) is 7.05 Å². The van der Waals surface area contributed by atoms with Crippen LogP contribution in [0.2, 0.25) is 0 Å². The SMILES string of the molecule is Cc1c(F)cccc1[C@]1(C(=O)NO)CC[C@@H](c2ccc3c(cnn3C)c2F)C1. The van der Waals surface area contributed by atoms with Crippen LogP contribution in [0.25, 0.3) is 10.9 Å². The minimum atomic E-state index is -1.11. The molecule has 1 saturated carbocycles. The molecule has 4 rings (SSSR count). The molecule has 0 saturated heterocycles. The fourth-order valence-electron chi connectivity index (χ4n) is 4.64. The molecule has 0 radical (unpaired) electrons. The molecular formula is C21H21F2N3O2. The summed E-state index contributed by atoms with van der Waals surface area (Å²) < 4.78 is 30.9. The standard InChI is InChI=1S/C21H21F2N3O2/c1-12-16(4-3-5-17(12)22)21(20(27)25-28)9-8-13(10-21)14-6-7-18-15(19(14)23)11-24-26(18)2/h3-7,11,13,28H,8-10H2,1-2H3,(H,25,27)/t13-,21+/m1/s1. The predicted octanol–water partition coefficient (Wildman–Crippen LogP) is 3.87. The maximum Gasteiger partial charge on any atom is 0.254 e. The number of rotatable bonds is 3. The number of aryl methyl sites for hydroxylation is 1. The van der Waals surface area contributed by atoms with Crippen molar-refractivity contribution in [3.8, 4) is 0 Å². The Kier molecular flexibility index (Phi) is 4.42. The van der Waals surface area contributed by atoms with Crippen molar-refractivity contribution in [2.45, 2.75) is 37.5 Å². The first-order valence-corrected chi connectivity index (χ1v) is 9.19. The highest BCUT2D eigenvalue weighted by atomic mass is 19.1. The number of halogens is 2. The highest BCUT2D eigenvalue weighted by Gasteiger charge is 2.48. The predicted molar refractivity (Wildman–Crippen MR) is 100 cm³/mol. The fraction of sp³-hybridized carbons (Fsp3) is 0.333. The molecule has 1 aromatic heterocycles. The molecule has 2 N–H and O–H groups in total. The second-order valence-corrected chi connectivity index (χ2v) is 7.54. The van der Waals surface area contributed by atoms with Gasteiger partial charge in [-0.1, -0.05) is 18.2 Å². The first kappa shape index (κ1) is 18.6. The van der Waals surface area contributed by atoms with Gasteiger partial charge in [-0.3, -0.25) is 14.7 Å². The van der Waals surface area contributed by atoms with Crippen LogP contribution < -0.4 is 5.48 Å². The summed E-state index contributed by atoms with van der Waals surface area (Å²) >= 11 is 0. The molecule has 0 spiro atoms. The molecule has 0 unspecified atom stereocenters. The lowest BCUT2D eigenvalue weighted by Crippen LogP contribution is -2.42. The molecule has 28 heavy (non-hydrogen) atoms. The number of hydroxylamine groups is 1. The lowest BCUT2D eigenvalue weighted by atomic mass is 9.75. The summed E-state index contributed by atoms with van der Waals surface area (Å²) in [7, 11) is 1.75. The molecule has 5 nitrogen and oxygen atoms in total. The number of hydrogen-bond acceptors (Lipinski definition) is 3. The van der Waals surface area contributed by atoms with E-state index in [9.17, 15) is 14.4 Å². The summed E-state index contributed by atoms with van der Waals surface area (Å²) in [5.41, 5.74) is 2.75. The monoisotopic (exact) mass is 385 g/mol. The Labute approximate surface area is 160 Å². The molecule has 1 aliphatic rings. The molecule has 1 fully saturated rings. The van der Waals surface area contributed by atoms with Crippen molar-refractivity contribution in [1.82, 2.24) is 15.3 Å². The van der Waals surface area contributed by atoms with Crippen LogP contribution in [0.3, 0.4) is 0 Å². The number of nitrogens with zero attached hydrogens (tertiary/aromatic N) is 2. The maximum absolute atomic E-state index is 15.2. The molecule has 1 amide bonds. The fourth-order valence-corrected chi connectivity index (χ4v) is 4.64. The largest absolute Gasteiger partial charge is 0.289 e. The summed E-state index contributed by atoms with van der Waals surface area (Å²) in [6, 6.07) is 8.15. The lowest BCUT2D eigenvalue weighted by Gasteiger charge is -2.29. The highest BCUT2D eigenvalue weighted by molar-refractivity contribution is 5.88. The zero-order valence-electron chi connectivity index (χ0n) is 15.7. The van der Waals surface area contributed by atoms with Gasteiger partial charge < -0.3 is 0 Å². The van der Waals surface area contributed by atoms with Crippen molar-refractivity contribution >= 4 is 16.8 Å². The number of nitrogens with one attached hydrogen (secondary N) is 1. The van der Waals surface area contributed by atoms with E-state index in [0.717, 1.165) is 0 Å². The van der Waals surface area contributed by atoms with Gasteiger partial charge in [0.1, 0.15) is 11.6 Å². The van der Waals surface area contributed by atoms with E-state index in [1.54, 1.807) is 42.3 Å². The first-order chi connectivity index (χ1) is 13.4. The van der Waals surface area contributed by atoms with Crippen LogP contribution in [0.1, 0.15) is 41.9 Å². The van der Waals surface area contributed by atoms with E-state index in [0.29, 0.717) is 40.4 Å². The Morgan fingerprint density at radius 3 is 2.86 bits per heavy atom. The number of fused-ring (bicyclic) bond motifs is 1. The van der Waals surface area contributed by atoms with Crippen LogP contribution in [-0.2, 0) is 17.3 Å². The third-order valence-corrected chi connectivity index (χ3v) is 6.17. The van der Waals surface area contributed by atoms with E-state index in [-0.39, 0.29) is 18.2 Å². The van der Waals surface area contributed by atoms with Crippen LogP contribution in [0.15, 0.2) is 36.5 Å². The summed E-state index contributed by atoms with van der Waals surface area (Å²) in [6.07, 6.45) is 2.71. The topological polar surface area (TPSA) is 67.2 Å². The third kappa shape index (κ3) is 2.61. The van der Waals surface area contributed by atoms with Gasteiger partial charge in [-0.25, -0.2) is 14.3 Å². The molecule has 2 atom stereocenters. The molecule has 0 bridgehead atoms. The van der Waals surface area contributed by atoms with E-state index < -0.39 is 17.1 Å². The molecule has 2 aromatic carbocycles. The Bertz CT molecular complexity index is 1080. The normalized spacial score (nSPS) is 22.0. The van der Waals surface area contributed by atoms with Crippen LogP contribution >= 0.6 is 0 Å². The minimum Gasteiger partial charge on any atom is -0.289 e. The second-order valence-electron chi connectivity index (χ2n) is 7.54. The van der Waals surface area contributed by atoms with Gasteiger partial charge in [-0.15, -0.1) is 0 Å². The van der Waals surface area contributed by atoms with Crippen LogP contribution in [0.4, 0.5) is 8.78 Å². The quantitative estimate of drug-likeness (QED) is 0.531. The number of carbonyl (C=O) groups is 1. The van der Waals surface area contributed by atoms with Gasteiger partial charge in [0.15, 0.2) is 0 Å². The lowest BCUT2D eigenvalue weighted by molar-refractivity contribution is -0.135. The van der Waals surface area contributed by atoms with Crippen molar-refractivity contribution in [3.05, 3.63) is 64.9 Å². The van der Waals surface area contributed by atoms with E-state index in [4.69, 9.17) is 0 Å². The zero-order chi connectivity index (χ0) is 20.1. The van der Waals surface area contributed by atoms with E-state index in [1.165, 1.54) is 12.3 Å². The van der Waals surface area contributed by atoms with E-state index in [2.05, 4.69) is 5.10 Å². The second kappa shape index (κ2) is 6.67. The van der Waals surface area contributed by atoms with Gasteiger partial charge in [-0.05, 0) is 60.9 Å². The van der Waals surface area contributed by atoms with Gasteiger partial charge in [0.25, 0.3) is 5.91 Å². The molecule has 1 heterocycles. The molecule has 1 aliphatic carbocycles. The van der Waals surface area contributed by atoms with Crippen molar-refractivity contribution in [2.24, 2.45) is 7.05 Å². The summed E-state index contributed by atoms with van der Waals surface area (Å²) in [5.74, 6) is -1.57. The first-order valence-electron chi connectivity index (χ1n) is 9.19. The Morgan fingerprint density at radius 2 is 2.11 bits per heavy atom. The third-order valence-electron chi connectivity index (χ3n) is 6.17. The average Bonchev–Trinajstić information content (AvgIpc) is 3.29. The van der Waals surface area contributed by atoms with Crippen LogP contribution in [0, 0.1) is 18.6 Å². The number of hydrogen-bond donors (Lipinski definition) is 2. The Balaban J connectivity index is 1.79. The van der Waals surface area contributed by atoms with Gasteiger partial charge >= 0.3 is 0 Å². The van der Waals surface area contributed by atoms with E-state index in [1.807, 2.05) is 6.07 Å². The van der Waals surface area contributed by atoms with Crippen molar-refractivity contribution in [1.29, 1.82) is 0 Å². The summed E-state index contributed by atoms with van der Waals surface area (Å²) in [6.45, 7) is 1.62. The van der Waals surface area contributed by atoms with Gasteiger partial charge in [0.2, 0.25) is 0 Å².